The second-order valence-electron chi connectivity index (χ2n) is 2.72. The summed E-state index contributed by atoms with van der Waals surface area (Å²) in [5.74, 6) is -0.158. The third-order valence-corrected chi connectivity index (χ3v) is 9.86. The van der Waals surface area contributed by atoms with Gasteiger partial charge in [0.25, 0.3) is 0 Å². The van der Waals surface area contributed by atoms with Gasteiger partial charge in [-0.1, -0.05) is 0 Å². The maximum atomic E-state index is 10.4. The Kier molecular flexibility index (Phi) is 3.43. The van der Waals surface area contributed by atoms with Crippen molar-refractivity contribution in [3.05, 3.63) is 0 Å². The van der Waals surface area contributed by atoms with Crippen LogP contribution in [0.4, 0.5) is 0 Å². The van der Waals surface area contributed by atoms with Crippen LogP contribution in [0.15, 0.2) is 0 Å². The Bertz CT molecular complexity index is 134. The number of halogens is 1. The summed E-state index contributed by atoms with van der Waals surface area (Å²) in [4.78, 5) is 10.4. The molecule has 1 rings (SSSR count). The Morgan fingerprint density at radius 2 is 2.30 bits per heavy atom. The summed E-state index contributed by atoms with van der Waals surface area (Å²) in [6.07, 6.45) is 2.30. The van der Waals surface area contributed by atoms with Crippen molar-refractivity contribution in [2.24, 2.45) is 0 Å². The second kappa shape index (κ2) is 3.91. The van der Waals surface area contributed by atoms with Crippen LogP contribution in [0.2, 0.25) is 3.43 Å². The summed E-state index contributed by atoms with van der Waals surface area (Å²) in [6, 6.07) is 0. The van der Waals surface area contributed by atoms with E-state index in [0.717, 1.165) is 16.3 Å². The third kappa shape index (κ3) is 2.38. The molecule has 0 heterocycles. The molecular weight excluding hydrogens is 340 g/mol. The predicted octanol–water partition coefficient (Wildman–Crippen LogP) is 1.74. The zero-order chi connectivity index (χ0) is 7.56. The molecule has 0 N–H and O–H groups in total. The van der Waals surface area contributed by atoms with E-state index in [1.807, 2.05) is 0 Å². The fourth-order valence-electron chi connectivity index (χ4n) is 1.13. The van der Waals surface area contributed by atoms with Crippen molar-refractivity contribution < 1.29 is 32.9 Å². The molecule has 1 aliphatic carbocycles. The van der Waals surface area contributed by atoms with Gasteiger partial charge in [0.1, 0.15) is 0 Å². The van der Waals surface area contributed by atoms with Crippen LogP contribution in [0.5, 0.6) is 0 Å². The fourth-order valence-corrected chi connectivity index (χ4v) is 7.21. The van der Waals surface area contributed by atoms with E-state index >= 15 is 0 Å². The quantitative estimate of drug-likeness (QED) is 0.561. The van der Waals surface area contributed by atoms with Crippen molar-refractivity contribution in [1.29, 1.82) is 0 Å². The van der Waals surface area contributed by atoms with Crippen molar-refractivity contribution in [1.82, 2.24) is 0 Å². The van der Waals surface area contributed by atoms with Crippen LogP contribution in [0.25, 0.3) is 0 Å². The number of rotatable bonds is 2. The number of ether oxygens (including phenoxy) is 1. The van der Waals surface area contributed by atoms with E-state index in [9.17, 15) is 4.79 Å². The van der Waals surface area contributed by atoms with Crippen molar-refractivity contribution in [2.45, 2.75) is 29.3 Å². The van der Waals surface area contributed by atoms with E-state index in [1.165, 1.54) is 6.92 Å². The van der Waals surface area contributed by atoms with Gasteiger partial charge in [0.2, 0.25) is 0 Å². The van der Waals surface area contributed by atoms with Gasteiger partial charge in [0.15, 0.2) is 0 Å². The van der Waals surface area contributed by atoms with E-state index in [-0.39, 0.29) is 12.1 Å². The summed E-state index contributed by atoms with van der Waals surface area (Å²) in [6.45, 7) is 1.46. The summed E-state index contributed by atoms with van der Waals surface area (Å²) < 4.78 is 5.75. The van der Waals surface area contributed by atoms with E-state index < -0.39 is 23.3 Å². The zero-order valence-electron chi connectivity index (χ0n) is 5.97. The topological polar surface area (TPSA) is 26.3 Å². The molecule has 0 saturated heterocycles. The number of hydrogen-bond donors (Lipinski definition) is 0. The van der Waals surface area contributed by atoms with Gasteiger partial charge in [-0.2, -0.15) is 0 Å². The first-order valence-electron chi connectivity index (χ1n) is 3.45. The van der Waals surface area contributed by atoms with Gasteiger partial charge in [-0.15, -0.1) is 0 Å². The zero-order valence-corrected chi connectivity index (χ0v) is 12.2. The van der Waals surface area contributed by atoms with Crippen LogP contribution in [-0.2, 0) is 32.9 Å². The first-order chi connectivity index (χ1) is 4.72. The molecule has 4 heteroatoms. The summed E-state index contributed by atoms with van der Waals surface area (Å²) >= 11 is -0.991. The van der Waals surface area contributed by atoms with Gasteiger partial charge in [-0.3, -0.25) is 0 Å². The number of hydrogen-bond acceptors (Lipinski definition) is 2. The summed E-state index contributed by atoms with van der Waals surface area (Å²) in [5, 5.41) is 0. The molecule has 1 aliphatic rings. The minimum absolute atomic E-state index is 0.158. The van der Waals surface area contributed by atoms with Gasteiger partial charge in [0.05, 0.1) is 0 Å². The van der Waals surface area contributed by atoms with Crippen molar-refractivity contribution in [3.8, 4) is 0 Å². The van der Waals surface area contributed by atoms with E-state index in [0.29, 0.717) is 0 Å². The standard InChI is InChI=1S/C6H9O2.ClH.Hg/c1-5(7)8-6-3-2-4-6;;/h2,6H,3-4H2,1H3;1H;/q;;+1/p-1. The van der Waals surface area contributed by atoms with Gasteiger partial charge >= 0.3 is 76.4 Å². The van der Waals surface area contributed by atoms with E-state index in [1.54, 1.807) is 0 Å². The number of carbonyl (C=O) groups is 1. The van der Waals surface area contributed by atoms with Gasteiger partial charge < -0.3 is 0 Å². The first kappa shape index (κ1) is 8.79. The normalized spacial score (nSPS) is 30.2. The molecule has 0 spiro atoms. The molecule has 0 unspecified atom stereocenters. The Morgan fingerprint density at radius 1 is 1.70 bits per heavy atom. The third-order valence-electron chi connectivity index (χ3n) is 1.74. The monoisotopic (exact) mass is 350 g/mol. The van der Waals surface area contributed by atoms with E-state index in [4.69, 9.17) is 13.0 Å². The van der Waals surface area contributed by atoms with Crippen LogP contribution >= 0.6 is 8.25 Å². The molecule has 1 saturated carbocycles. The van der Waals surface area contributed by atoms with Crippen LogP contribution < -0.4 is 0 Å². The minimum atomic E-state index is -0.991. The van der Waals surface area contributed by atoms with Crippen LogP contribution in [0, 0.1) is 0 Å². The van der Waals surface area contributed by atoms with E-state index in [2.05, 4.69) is 0 Å². The molecule has 0 radical (unpaired) electrons. The molecule has 1 fully saturated rings. The van der Waals surface area contributed by atoms with Crippen molar-refractivity contribution >= 4 is 14.2 Å². The summed E-state index contributed by atoms with van der Waals surface area (Å²) in [7, 11) is 5.79. The summed E-state index contributed by atoms with van der Waals surface area (Å²) in [5.41, 5.74) is 0. The Morgan fingerprint density at radius 3 is 2.70 bits per heavy atom. The number of carbonyl (C=O) groups excluding carboxylic acids is 1. The fraction of sp³-hybridized carbons (Fsp3) is 0.833. The van der Waals surface area contributed by atoms with Crippen molar-refractivity contribution in [3.63, 3.8) is 0 Å². The Labute approximate surface area is 76.1 Å². The SMILES string of the molecule is CC(=O)OC1C[CH]([Hg][Cl])C1. The molecule has 0 aromatic rings. The van der Waals surface area contributed by atoms with Crippen LogP contribution in [-0.4, -0.2) is 12.1 Å². The van der Waals surface area contributed by atoms with Crippen LogP contribution in [0.1, 0.15) is 19.8 Å². The molecule has 0 aliphatic heterocycles. The molecular formula is C6H9ClHgO2. The molecule has 0 aromatic heterocycles. The first-order valence-corrected chi connectivity index (χ1v) is 13.4. The second-order valence-corrected chi connectivity index (χ2v) is 11.1. The molecule has 2 nitrogen and oxygen atoms in total. The van der Waals surface area contributed by atoms with Gasteiger partial charge in [0, 0.05) is 0 Å². The maximum absolute atomic E-state index is 10.4. The predicted molar refractivity (Wildman–Crippen MR) is 34.4 cm³/mol. The molecule has 10 heavy (non-hydrogen) atoms. The molecule has 0 bridgehead atoms. The molecule has 0 aromatic carbocycles. The van der Waals surface area contributed by atoms with Crippen molar-refractivity contribution in [2.75, 3.05) is 0 Å². The van der Waals surface area contributed by atoms with Gasteiger partial charge in [-0.05, 0) is 0 Å². The average Bonchev–Trinajstić information content (AvgIpc) is 1.76. The van der Waals surface area contributed by atoms with Gasteiger partial charge in [-0.25, -0.2) is 0 Å². The Balaban J connectivity index is 2.08. The molecule has 54 valence electrons. The van der Waals surface area contributed by atoms with Crippen LogP contribution in [0.3, 0.4) is 0 Å². The average molecular weight is 349 g/mol. The Hall–Kier alpha value is 0.695. The molecule has 0 atom stereocenters. The molecule has 0 amide bonds. The number of esters is 1.